The summed E-state index contributed by atoms with van der Waals surface area (Å²) in [5.41, 5.74) is 0. The monoisotopic (exact) mass is 168 g/mol. The van der Waals surface area contributed by atoms with E-state index in [1.165, 1.54) is 19.8 Å². The van der Waals surface area contributed by atoms with E-state index < -0.39 is 0 Å². The molecule has 0 radical (unpaired) electrons. The number of hydrogen-bond acceptors (Lipinski definition) is 1. The van der Waals surface area contributed by atoms with Gasteiger partial charge in [0.25, 0.3) is 0 Å². The summed E-state index contributed by atoms with van der Waals surface area (Å²) >= 11 is 1.86. The van der Waals surface area contributed by atoms with Crippen LogP contribution in [0.25, 0.3) is 19.8 Å². The Hall–Kier alpha value is 0.219. The van der Waals surface area contributed by atoms with E-state index in [1.807, 2.05) is 11.3 Å². The van der Waals surface area contributed by atoms with E-state index in [0.717, 1.165) is 0 Å². The summed E-state index contributed by atoms with van der Waals surface area (Å²) in [6.45, 7) is 17.1. The zero-order chi connectivity index (χ0) is 8.67. The third-order valence-electron chi connectivity index (χ3n) is 2.28. The van der Waals surface area contributed by atoms with Gasteiger partial charge < -0.3 is 0 Å². The molecule has 3 aromatic rings. The molecule has 0 aliphatic rings. The second-order valence-electron chi connectivity index (χ2n) is 3.09. The zero-order valence-electron chi connectivity index (χ0n) is 7.03. The first-order valence-electron chi connectivity index (χ1n) is 4.31. The van der Waals surface area contributed by atoms with E-state index in [1.54, 1.807) is 0 Å². The van der Waals surface area contributed by atoms with Crippen LogP contribution in [0.5, 0.6) is 0 Å². The van der Waals surface area contributed by atoms with Gasteiger partial charge in [-0.05, 0) is 0 Å². The van der Waals surface area contributed by atoms with E-state index in [-0.39, 0.29) is 0 Å². The van der Waals surface area contributed by atoms with Crippen molar-refractivity contribution in [2.24, 2.45) is 0 Å². The van der Waals surface area contributed by atoms with Crippen LogP contribution in [0, 0.1) is 0 Å². The molecule has 0 saturated carbocycles. The summed E-state index contributed by atoms with van der Waals surface area (Å²) in [4.78, 5) is 0. The van der Waals surface area contributed by atoms with Crippen LogP contribution in [0.3, 0.4) is 0 Å². The van der Waals surface area contributed by atoms with E-state index in [0.29, 0.717) is 0 Å². The average Bonchev–Trinajstić information content (AvgIpc) is 2.56. The number of fused-ring (bicyclic) bond motifs is 3. The van der Waals surface area contributed by atoms with Gasteiger partial charge in [-0.1, -0.05) is 0 Å². The van der Waals surface area contributed by atoms with Crippen LogP contribution in [-0.2, 0) is 0 Å². The molecule has 0 spiro atoms. The summed E-state index contributed by atoms with van der Waals surface area (Å²) in [7, 11) is 0. The van der Waals surface area contributed by atoms with Crippen LogP contribution in [0.2, 0.25) is 0 Å². The normalized spacial score (nSPS) is 8.62. The summed E-state index contributed by atoms with van der Waals surface area (Å²) in [6, 6.07) is 0. The Bertz CT molecular complexity index is 524. The van der Waals surface area contributed by atoms with Gasteiger partial charge >= 0.3 is 85.0 Å². The van der Waals surface area contributed by atoms with Crippen LogP contribution in [0.1, 0.15) is 0 Å². The number of rotatable bonds is 0. The zero-order valence-corrected chi connectivity index (χ0v) is 7.84. The average molecular weight is 167 g/mol. The predicted octanol–water partition coefficient (Wildman–Crippen LogP) is -1.24. The molecule has 0 nitrogen and oxygen atoms in total. The Morgan fingerprint density at radius 1 is 0.615 bits per heavy atom. The molecule has 9 heteroatoms. The standard InChI is InChI=1S/C4B8S/c5-1-2-4(8-12-10-6-2)13-3(1)7-11-9-5. The van der Waals surface area contributed by atoms with Gasteiger partial charge in [-0.15, -0.1) is 0 Å². The van der Waals surface area contributed by atoms with E-state index in [2.05, 4.69) is 53.9 Å². The van der Waals surface area contributed by atoms with Crippen molar-refractivity contribution < 1.29 is 0 Å². The van der Waals surface area contributed by atoms with Gasteiger partial charge in [0.05, 0.1) is 0 Å². The van der Waals surface area contributed by atoms with Crippen LogP contribution >= 0.6 is 11.3 Å². The molecule has 0 unspecified atom stereocenters. The molecule has 0 atom stereocenters. The molecule has 0 N–H and O–H groups in total. The maximum absolute atomic E-state index is 2.19. The van der Waals surface area contributed by atoms with Crippen molar-refractivity contribution in [1.82, 2.24) is 0 Å². The van der Waals surface area contributed by atoms with Crippen molar-refractivity contribution >= 4 is 85.0 Å². The second-order valence-corrected chi connectivity index (χ2v) is 4.18. The van der Waals surface area contributed by atoms with Crippen molar-refractivity contribution in [3.8, 4) is 0 Å². The van der Waals surface area contributed by atoms with E-state index in [9.17, 15) is 0 Å². The topological polar surface area (TPSA) is 0 Å². The van der Waals surface area contributed by atoms with Crippen molar-refractivity contribution in [2.75, 3.05) is 0 Å². The molecule has 0 saturated heterocycles. The third-order valence-corrected chi connectivity index (χ3v) is 3.44. The Morgan fingerprint density at radius 3 is 1.62 bits per heavy atom. The van der Waals surface area contributed by atoms with Crippen LogP contribution < -0.4 is 0 Å². The summed E-state index contributed by atoms with van der Waals surface area (Å²) in [6.07, 6.45) is 0. The molecule has 0 aromatic carbocycles. The first-order valence-corrected chi connectivity index (χ1v) is 5.13. The molecule has 3 heterocycles. The fraction of sp³-hybridized carbons (Fsp3) is 0. The molecule has 0 fully saturated rings. The predicted molar refractivity (Wildman–Crippen MR) is 70.1 cm³/mol. The summed E-state index contributed by atoms with van der Waals surface area (Å²) in [5.74, 6) is 0. The Labute approximate surface area is 85.1 Å². The molecular weight excluding hydrogens is 167 g/mol. The van der Waals surface area contributed by atoms with Crippen LogP contribution in [0.4, 0.5) is 0 Å². The van der Waals surface area contributed by atoms with Gasteiger partial charge in [-0.25, -0.2) is 0 Å². The Balaban J connectivity index is 2.64. The molecule has 0 aliphatic carbocycles. The SMILES string of the molecule is b1bbc2c(b1)sc1bbbbc12. The van der Waals surface area contributed by atoms with Gasteiger partial charge in [0.15, 0.2) is 0 Å². The molecule has 0 bridgehead atoms. The Morgan fingerprint density at radius 2 is 1.08 bits per heavy atom. The Kier molecular flexibility index (Phi) is 2.24. The van der Waals surface area contributed by atoms with Crippen molar-refractivity contribution in [2.45, 2.75) is 0 Å². The first-order chi connectivity index (χ1) is 6.45. The van der Waals surface area contributed by atoms with Gasteiger partial charge in [0.1, 0.15) is 0 Å². The summed E-state index contributed by atoms with van der Waals surface area (Å²) < 4.78 is 2.76. The van der Waals surface area contributed by atoms with Crippen molar-refractivity contribution in [3.63, 3.8) is 0 Å². The minimum absolute atomic E-state index is 1.38. The van der Waals surface area contributed by atoms with Crippen LogP contribution in [0.15, 0.2) is 0 Å². The second kappa shape index (κ2) is 3.42. The van der Waals surface area contributed by atoms with Crippen molar-refractivity contribution in [1.29, 1.82) is 0 Å². The molecule has 13 heavy (non-hydrogen) atoms. The molecule has 3 rings (SSSR count). The van der Waals surface area contributed by atoms with Gasteiger partial charge in [0.2, 0.25) is 0 Å². The van der Waals surface area contributed by atoms with Gasteiger partial charge in [-0.3, -0.25) is 0 Å². The van der Waals surface area contributed by atoms with Crippen molar-refractivity contribution in [3.05, 3.63) is 0 Å². The quantitative estimate of drug-likeness (QED) is 0.392. The molecule has 3 aromatic heterocycles. The minimum atomic E-state index is 1.38. The fourth-order valence-electron chi connectivity index (χ4n) is 1.67. The molecule has 0 aliphatic heterocycles. The maximum atomic E-state index is 2.19. The number of thiophene rings is 1. The fourth-order valence-corrected chi connectivity index (χ4v) is 2.78. The number of hydrogen-bond donors (Lipinski definition) is 0. The summed E-state index contributed by atoms with van der Waals surface area (Å²) in [5, 5.41) is 2.76. The van der Waals surface area contributed by atoms with E-state index in [4.69, 9.17) is 0 Å². The van der Waals surface area contributed by atoms with E-state index >= 15 is 0 Å². The molecular formula is C4B8S. The first kappa shape index (κ1) is 8.52. The molecule has 46 valence electrons. The van der Waals surface area contributed by atoms with Crippen LogP contribution in [-0.4, -0.2) is 53.9 Å². The van der Waals surface area contributed by atoms with Gasteiger partial charge in [0, 0.05) is 0 Å². The van der Waals surface area contributed by atoms with Gasteiger partial charge in [-0.2, -0.15) is 0 Å². The third kappa shape index (κ3) is 1.40. The molecule has 0 amide bonds.